The van der Waals surface area contributed by atoms with Gasteiger partial charge in [-0.05, 0) is 31.4 Å². The summed E-state index contributed by atoms with van der Waals surface area (Å²) in [6, 6.07) is 7.81. The number of nitrogens with one attached hydrogen (secondary N) is 2. The number of amides is 2. The molecule has 2 aromatic rings. The summed E-state index contributed by atoms with van der Waals surface area (Å²) >= 11 is 1.54. The van der Waals surface area contributed by atoms with Gasteiger partial charge in [0.25, 0.3) is 0 Å². The summed E-state index contributed by atoms with van der Waals surface area (Å²) < 4.78 is 0. The predicted molar refractivity (Wildman–Crippen MR) is 90.2 cm³/mol. The van der Waals surface area contributed by atoms with Crippen LogP contribution in [0.15, 0.2) is 29.6 Å². The number of aromatic nitrogens is 1. The number of carbonyl (C=O) groups is 2. The van der Waals surface area contributed by atoms with Gasteiger partial charge in [-0.2, -0.15) is 0 Å². The van der Waals surface area contributed by atoms with Crippen molar-refractivity contribution in [1.29, 1.82) is 0 Å². The van der Waals surface area contributed by atoms with Crippen molar-refractivity contribution in [2.45, 2.75) is 32.7 Å². The molecule has 0 spiro atoms. The lowest BCUT2D eigenvalue weighted by atomic mass is 9.89. The second-order valence-electron chi connectivity index (χ2n) is 5.75. The zero-order chi connectivity index (χ0) is 16.2. The number of hydrogen-bond acceptors (Lipinski definition) is 4. The summed E-state index contributed by atoms with van der Waals surface area (Å²) in [5.41, 5.74) is 2.99. The van der Waals surface area contributed by atoms with Gasteiger partial charge in [-0.3, -0.25) is 9.59 Å². The normalized spacial score (nSPS) is 16.6. The van der Waals surface area contributed by atoms with Crippen LogP contribution in [-0.2, 0) is 22.6 Å². The van der Waals surface area contributed by atoms with Crippen molar-refractivity contribution < 1.29 is 9.59 Å². The first-order valence-electron chi connectivity index (χ1n) is 7.68. The smallest absolute Gasteiger partial charge is 0.227 e. The molecule has 1 aliphatic rings. The molecule has 5 nitrogen and oxygen atoms in total. The Kier molecular flexibility index (Phi) is 4.71. The van der Waals surface area contributed by atoms with Crippen molar-refractivity contribution in [3.63, 3.8) is 0 Å². The number of benzene rings is 1. The Balaban J connectivity index is 1.48. The van der Waals surface area contributed by atoms with Crippen LogP contribution >= 0.6 is 11.3 Å². The zero-order valence-electron chi connectivity index (χ0n) is 13.0. The van der Waals surface area contributed by atoms with E-state index in [0.717, 1.165) is 22.0 Å². The van der Waals surface area contributed by atoms with E-state index in [1.165, 1.54) is 0 Å². The molecule has 0 saturated carbocycles. The van der Waals surface area contributed by atoms with Crippen LogP contribution < -0.4 is 10.6 Å². The molecule has 1 aromatic carbocycles. The summed E-state index contributed by atoms with van der Waals surface area (Å²) in [7, 11) is 0. The number of fused-ring (bicyclic) bond motifs is 1. The summed E-state index contributed by atoms with van der Waals surface area (Å²) in [5.74, 6) is -0.172. The predicted octanol–water partition coefficient (Wildman–Crippen LogP) is 2.66. The highest BCUT2D eigenvalue weighted by Gasteiger charge is 2.26. The number of aryl methyl sites for hydroxylation is 1. The number of para-hydroxylation sites is 1. The molecule has 0 fully saturated rings. The van der Waals surface area contributed by atoms with Crippen LogP contribution in [-0.4, -0.2) is 16.8 Å². The van der Waals surface area contributed by atoms with Gasteiger partial charge in [0.05, 0.1) is 6.54 Å². The van der Waals surface area contributed by atoms with E-state index in [4.69, 9.17) is 0 Å². The van der Waals surface area contributed by atoms with E-state index in [1.54, 1.807) is 11.3 Å². The topological polar surface area (TPSA) is 71.1 Å². The second-order valence-corrected chi connectivity index (χ2v) is 6.69. The van der Waals surface area contributed by atoms with Gasteiger partial charge in [0.2, 0.25) is 11.8 Å². The Morgan fingerprint density at radius 2 is 2.26 bits per heavy atom. The molecule has 2 heterocycles. The highest BCUT2D eigenvalue weighted by molar-refractivity contribution is 7.09. The minimum atomic E-state index is -0.141. The van der Waals surface area contributed by atoms with Crippen molar-refractivity contribution in [1.82, 2.24) is 10.3 Å². The quantitative estimate of drug-likeness (QED) is 0.886. The molecule has 0 aliphatic carbocycles. The fourth-order valence-electron chi connectivity index (χ4n) is 2.70. The van der Waals surface area contributed by atoms with Crippen molar-refractivity contribution in [2.75, 3.05) is 5.32 Å². The highest BCUT2D eigenvalue weighted by atomic mass is 32.1. The molecular formula is C17H19N3O2S. The first kappa shape index (κ1) is 15.7. The number of anilines is 1. The van der Waals surface area contributed by atoms with Crippen molar-refractivity contribution in [3.05, 3.63) is 45.9 Å². The lowest BCUT2D eigenvalue weighted by molar-refractivity contribution is -0.122. The molecule has 1 aromatic heterocycles. The van der Waals surface area contributed by atoms with Crippen LogP contribution in [0.3, 0.4) is 0 Å². The number of hydrogen-bond donors (Lipinski definition) is 2. The van der Waals surface area contributed by atoms with Crippen LogP contribution in [0.25, 0.3) is 0 Å². The number of thiazole rings is 1. The molecule has 23 heavy (non-hydrogen) atoms. The first-order chi connectivity index (χ1) is 11.1. The molecular weight excluding hydrogens is 310 g/mol. The Hall–Kier alpha value is -2.21. The van der Waals surface area contributed by atoms with Gasteiger partial charge in [0.15, 0.2) is 0 Å². The lowest BCUT2D eigenvalue weighted by Gasteiger charge is -2.24. The minimum Gasteiger partial charge on any atom is -0.350 e. The van der Waals surface area contributed by atoms with Gasteiger partial charge in [0, 0.05) is 29.1 Å². The third-order valence-corrected chi connectivity index (χ3v) is 4.90. The minimum absolute atomic E-state index is 0.00653. The fourth-order valence-corrected chi connectivity index (χ4v) is 3.41. The molecule has 2 N–H and O–H groups in total. The standard InChI is InChI=1S/C17H19N3O2S/c1-11-10-23-16(19-11)9-18-15(21)7-6-13-8-12-4-2-3-5-14(12)20-17(13)22/h2-5,10,13H,6-9H2,1H3,(H,18,21)(H,20,22). The molecule has 2 amide bonds. The maximum Gasteiger partial charge on any atom is 0.227 e. The number of rotatable bonds is 5. The Bertz CT molecular complexity index is 726. The van der Waals surface area contributed by atoms with E-state index < -0.39 is 0 Å². The molecule has 0 radical (unpaired) electrons. The molecule has 6 heteroatoms. The molecule has 0 saturated heterocycles. The summed E-state index contributed by atoms with van der Waals surface area (Å²) in [6.07, 6.45) is 1.61. The van der Waals surface area contributed by atoms with Crippen LogP contribution in [0.5, 0.6) is 0 Å². The van der Waals surface area contributed by atoms with E-state index in [0.29, 0.717) is 25.8 Å². The molecule has 1 atom stereocenters. The fraction of sp³-hybridized carbons (Fsp3) is 0.353. The van der Waals surface area contributed by atoms with Crippen molar-refractivity contribution in [2.24, 2.45) is 5.92 Å². The van der Waals surface area contributed by atoms with Gasteiger partial charge in [-0.1, -0.05) is 18.2 Å². The zero-order valence-corrected chi connectivity index (χ0v) is 13.8. The van der Waals surface area contributed by atoms with E-state index in [2.05, 4.69) is 15.6 Å². The van der Waals surface area contributed by atoms with E-state index in [1.807, 2.05) is 36.6 Å². The summed E-state index contributed by atoms with van der Waals surface area (Å²) in [4.78, 5) is 28.4. The van der Waals surface area contributed by atoms with Crippen LogP contribution in [0, 0.1) is 12.8 Å². The third-order valence-electron chi connectivity index (χ3n) is 3.94. The Labute approximate surface area is 139 Å². The van der Waals surface area contributed by atoms with Crippen LogP contribution in [0.4, 0.5) is 5.69 Å². The number of nitrogens with zero attached hydrogens (tertiary/aromatic N) is 1. The average molecular weight is 329 g/mol. The number of carbonyl (C=O) groups excluding carboxylic acids is 2. The van der Waals surface area contributed by atoms with Gasteiger partial charge in [0.1, 0.15) is 5.01 Å². The monoisotopic (exact) mass is 329 g/mol. The molecule has 3 rings (SSSR count). The molecule has 0 bridgehead atoms. The Morgan fingerprint density at radius 1 is 1.43 bits per heavy atom. The highest BCUT2D eigenvalue weighted by Crippen LogP contribution is 2.27. The van der Waals surface area contributed by atoms with Crippen molar-refractivity contribution in [3.8, 4) is 0 Å². The summed E-state index contributed by atoms with van der Waals surface area (Å²) in [6.45, 7) is 2.39. The largest absolute Gasteiger partial charge is 0.350 e. The summed E-state index contributed by atoms with van der Waals surface area (Å²) in [5, 5.41) is 8.64. The van der Waals surface area contributed by atoms with Gasteiger partial charge < -0.3 is 10.6 Å². The van der Waals surface area contributed by atoms with Crippen LogP contribution in [0.1, 0.15) is 29.1 Å². The average Bonchev–Trinajstić information content (AvgIpc) is 2.96. The molecule has 1 unspecified atom stereocenters. The maximum absolute atomic E-state index is 12.1. The molecule has 1 aliphatic heterocycles. The lowest BCUT2D eigenvalue weighted by Crippen LogP contribution is -2.31. The van der Waals surface area contributed by atoms with E-state index in [9.17, 15) is 9.59 Å². The van der Waals surface area contributed by atoms with Crippen LogP contribution in [0.2, 0.25) is 0 Å². The van der Waals surface area contributed by atoms with Crippen molar-refractivity contribution >= 4 is 28.8 Å². The van der Waals surface area contributed by atoms with E-state index in [-0.39, 0.29) is 17.7 Å². The third kappa shape index (κ3) is 3.96. The molecule has 120 valence electrons. The Morgan fingerprint density at radius 3 is 3.04 bits per heavy atom. The van der Waals surface area contributed by atoms with E-state index >= 15 is 0 Å². The van der Waals surface area contributed by atoms with Gasteiger partial charge >= 0.3 is 0 Å². The SMILES string of the molecule is Cc1csc(CNC(=O)CCC2Cc3ccccc3NC2=O)n1. The maximum atomic E-state index is 12.1. The second kappa shape index (κ2) is 6.91. The first-order valence-corrected chi connectivity index (χ1v) is 8.56. The van der Waals surface area contributed by atoms with Gasteiger partial charge in [-0.15, -0.1) is 11.3 Å². The van der Waals surface area contributed by atoms with Gasteiger partial charge in [-0.25, -0.2) is 4.98 Å².